The molecule has 0 aliphatic carbocycles. The molecule has 1 amide bonds. The van der Waals surface area contributed by atoms with Crippen LogP contribution in [0.15, 0.2) is 24.3 Å². The van der Waals surface area contributed by atoms with Crippen molar-refractivity contribution in [2.45, 2.75) is 25.8 Å². The fourth-order valence-corrected chi connectivity index (χ4v) is 1.93. The summed E-state index contributed by atoms with van der Waals surface area (Å²) in [4.78, 5) is 22.9. The van der Waals surface area contributed by atoms with Crippen molar-refractivity contribution < 1.29 is 14.7 Å². The average molecular weight is 261 g/mol. The number of nitrogens with zero attached hydrogens (tertiary/aromatic N) is 1. The first-order chi connectivity index (χ1) is 8.89. The molecule has 0 radical (unpaired) electrons. The fraction of sp³-hybridized carbons (Fsp3) is 0.308. The molecule has 0 atom stereocenters. The molecule has 0 aliphatic heterocycles. The van der Waals surface area contributed by atoms with Gasteiger partial charge in [-0.2, -0.15) is 5.10 Å². The third-order valence-electron chi connectivity index (χ3n) is 2.73. The van der Waals surface area contributed by atoms with Crippen LogP contribution in [0.3, 0.4) is 0 Å². The highest BCUT2D eigenvalue weighted by atomic mass is 16.4. The van der Waals surface area contributed by atoms with E-state index in [1.165, 1.54) is 0 Å². The van der Waals surface area contributed by atoms with Gasteiger partial charge in [-0.05, 0) is 19.9 Å². The van der Waals surface area contributed by atoms with Gasteiger partial charge in [-0.15, -0.1) is 0 Å². The molecule has 0 saturated heterocycles. The van der Waals surface area contributed by atoms with Crippen LogP contribution in [0.1, 0.15) is 30.8 Å². The molecule has 0 unspecified atom stereocenters. The van der Waals surface area contributed by atoms with Crippen molar-refractivity contribution in [1.82, 2.24) is 15.5 Å². The summed E-state index contributed by atoms with van der Waals surface area (Å²) in [7, 11) is 0. The number of aliphatic carboxylic acids is 1. The maximum atomic E-state index is 12.1. The van der Waals surface area contributed by atoms with E-state index in [4.69, 9.17) is 5.11 Å². The normalized spacial score (nSPS) is 11.5. The predicted molar refractivity (Wildman–Crippen MR) is 69.9 cm³/mol. The molecule has 0 fully saturated rings. The van der Waals surface area contributed by atoms with Gasteiger partial charge in [0.05, 0.1) is 11.9 Å². The van der Waals surface area contributed by atoms with Gasteiger partial charge in [-0.1, -0.05) is 18.2 Å². The summed E-state index contributed by atoms with van der Waals surface area (Å²) in [5.41, 5.74) is 0.209. The molecule has 1 heterocycles. The van der Waals surface area contributed by atoms with Crippen molar-refractivity contribution >= 4 is 22.8 Å². The SMILES string of the molecule is CC(C)(CC(=O)O)NC(=O)c1n[nH]c2ccccc12. The summed E-state index contributed by atoms with van der Waals surface area (Å²) in [5, 5.41) is 18.9. The summed E-state index contributed by atoms with van der Waals surface area (Å²) in [6.45, 7) is 3.32. The Balaban J connectivity index is 2.23. The second-order valence-corrected chi connectivity index (χ2v) is 5.03. The lowest BCUT2D eigenvalue weighted by atomic mass is 10.0. The molecule has 2 aromatic rings. The highest BCUT2D eigenvalue weighted by Gasteiger charge is 2.26. The number of fused-ring (bicyclic) bond motifs is 1. The summed E-state index contributed by atoms with van der Waals surface area (Å²) in [6.07, 6.45) is -0.152. The maximum Gasteiger partial charge on any atom is 0.305 e. The number of carboxylic acid groups (broad SMARTS) is 1. The number of carbonyl (C=O) groups excluding carboxylic acids is 1. The van der Waals surface area contributed by atoms with Crippen LogP contribution in [0.5, 0.6) is 0 Å². The molecule has 6 heteroatoms. The van der Waals surface area contributed by atoms with Crippen LogP contribution in [-0.4, -0.2) is 32.7 Å². The Kier molecular flexibility index (Phi) is 3.25. The van der Waals surface area contributed by atoms with E-state index in [0.29, 0.717) is 5.39 Å². The first-order valence-electron chi connectivity index (χ1n) is 5.86. The molecular weight excluding hydrogens is 246 g/mol. The van der Waals surface area contributed by atoms with Crippen LogP contribution >= 0.6 is 0 Å². The minimum Gasteiger partial charge on any atom is -0.481 e. The Hall–Kier alpha value is -2.37. The lowest BCUT2D eigenvalue weighted by molar-refractivity contribution is -0.138. The van der Waals surface area contributed by atoms with Gasteiger partial charge in [0, 0.05) is 10.9 Å². The zero-order valence-electron chi connectivity index (χ0n) is 10.7. The lowest BCUT2D eigenvalue weighted by Gasteiger charge is -2.23. The van der Waals surface area contributed by atoms with Crippen LogP contribution in [0.2, 0.25) is 0 Å². The van der Waals surface area contributed by atoms with E-state index >= 15 is 0 Å². The van der Waals surface area contributed by atoms with Crippen LogP contribution in [0.25, 0.3) is 10.9 Å². The Morgan fingerprint density at radius 2 is 2.05 bits per heavy atom. The van der Waals surface area contributed by atoms with E-state index in [0.717, 1.165) is 5.52 Å². The molecule has 100 valence electrons. The largest absolute Gasteiger partial charge is 0.481 e. The van der Waals surface area contributed by atoms with E-state index in [9.17, 15) is 9.59 Å². The van der Waals surface area contributed by atoms with E-state index < -0.39 is 11.5 Å². The van der Waals surface area contributed by atoms with Crippen molar-refractivity contribution in [3.8, 4) is 0 Å². The van der Waals surface area contributed by atoms with Gasteiger partial charge in [-0.3, -0.25) is 14.7 Å². The quantitative estimate of drug-likeness (QED) is 0.778. The van der Waals surface area contributed by atoms with Gasteiger partial charge in [-0.25, -0.2) is 0 Å². The number of H-pyrrole nitrogens is 1. The monoisotopic (exact) mass is 261 g/mol. The summed E-state index contributed by atoms with van der Waals surface area (Å²) < 4.78 is 0. The molecule has 0 aliphatic rings. The second-order valence-electron chi connectivity index (χ2n) is 5.03. The first-order valence-corrected chi connectivity index (χ1v) is 5.86. The molecule has 6 nitrogen and oxygen atoms in total. The number of aromatic amines is 1. The topological polar surface area (TPSA) is 95.1 Å². The number of hydrogen-bond donors (Lipinski definition) is 3. The fourth-order valence-electron chi connectivity index (χ4n) is 1.93. The number of nitrogens with one attached hydrogen (secondary N) is 2. The Bertz CT molecular complexity index is 631. The summed E-state index contributed by atoms with van der Waals surface area (Å²) in [6, 6.07) is 7.27. The van der Waals surface area contributed by atoms with E-state index in [2.05, 4.69) is 15.5 Å². The maximum absolute atomic E-state index is 12.1. The average Bonchev–Trinajstić information content (AvgIpc) is 2.69. The third kappa shape index (κ3) is 2.90. The van der Waals surface area contributed by atoms with Crippen molar-refractivity contribution in [2.24, 2.45) is 0 Å². The molecule has 1 aromatic carbocycles. The molecule has 2 rings (SSSR count). The zero-order valence-corrected chi connectivity index (χ0v) is 10.7. The summed E-state index contributed by atoms with van der Waals surface area (Å²) in [5.74, 6) is -1.35. The minimum atomic E-state index is -0.961. The molecule has 3 N–H and O–H groups in total. The third-order valence-corrected chi connectivity index (χ3v) is 2.73. The minimum absolute atomic E-state index is 0.152. The Morgan fingerprint density at radius 1 is 1.37 bits per heavy atom. The molecule has 0 spiro atoms. The number of carboxylic acids is 1. The van der Waals surface area contributed by atoms with Crippen LogP contribution in [0, 0.1) is 0 Å². The van der Waals surface area contributed by atoms with E-state index in [1.807, 2.05) is 18.2 Å². The van der Waals surface area contributed by atoms with Crippen LogP contribution < -0.4 is 5.32 Å². The number of carbonyl (C=O) groups is 2. The number of amides is 1. The van der Waals surface area contributed by atoms with Gasteiger partial charge >= 0.3 is 5.97 Å². The van der Waals surface area contributed by atoms with Gasteiger partial charge in [0.15, 0.2) is 5.69 Å². The van der Waals surface area contributed by atoms with Gasteiger partial charge in [0.1, 0.15) is 0 Å². The number of para-hydroxylation sites is 1. The second kappa shape index (κ2) is 4.72. The lowest BCUT2D eigenvalue weighted by Crippen LogP contribution is -2.45. The van der Waals surface area contributed by atoms with Crippen molar-refractivity contribution in [2.75, 3.05) is 0 Å². The summed E-state index contributed by atoms with van der Waals surface area (Å²) >= 11 is 0. The molecule has 1 aromatic heterocycles. The molecular formula is C13H15N3O3. The molecule has 19 heavy (non-hydrogen) atoms. The number of hydrogen-bond acceptors (Lipinski definition) is 3. The highest BCUT2D eigenvalue weighted by Crippen LogP contribution is 2.16. The standard InChI is InChI=1S/C13H15N3O3/c1-13(2,7-10(17)18)14-12(19)11-8-5-3-4-6-9(8)15-16-11/h3-6H,7H2,1-2H3,(H,14,19)(H,15,16)(H,17,18). The number of rotatable bonds is 4. The number of aromatic nitrogens is 2. The van der Waals surface area contributed by atoms with Crippen LogP contribution in [-0.2, 0) is 4.79 Å². The first kappa shape index (κ1) is 13.1. The van der Waals surface area contributed by atoms with Crippen molar-refractivity contribution in [3.05, 3.63) is 30.0 Å². The van der Waals surface area contributed by atoms with Crippen LogP contribution in [0.4, 0.5) is 0 Å². The highest BCUT2D eigenvalue weighted by molar-refractivity contribution is 6.04. The van der Waals surface area contributed by atoms with Gasteiger partial charge in [0.2, 0.25) is 0 Å². The molecule has 0 bridgehead atoms. The van der Waals surface area contributed by atoms with Gasteiger partial charge < -0.3 is 10.4 Å². The van der Waals surface area contributed by atoms with E-state index in [-0.39, 0.29) is 18.0 Å². The Morgan fingerprint density at radius 3 is 2.74 bits per heavy atom. The zero-order chi connectivity index (χ0) is 14.0. The van der Waals surface area contributed by atoms with Crippen molar-refractivity contribution in [3.63, 3.8) is 0 Å². The smallest absolute Gasteiger partial charge is 0.305 e. The predicted octanol–water partition coefficient (Wildman–Crippen LogP) is 1.55. The van der Waals surface area contributed by atoms with E-state index in [1.54, 1.807) is 19.9 Å². The number of benzene rings is 1. The van der Waals surface area contributed by atoms with Crippen molar-refractivity contribution in [1.29, 1.82) is 0 Å². The van der Waals surface area contributed by atoms with Gasteiger partial charge in [0.25, 0.3) is 5.91 Å². The molecule has 0 saturated carbocycles. The Labute approximate surface area is 109 Å².